The zero-order chi connectivity index (χ0) is 19.7. The van der Waals surface area contributed by atoms with E-state index >= 15 is 0 Å². The third kappa shape index (κ3) is 3.86. The van der Waals surface area contributed by atoms with Gasteiger partial charge in [-0.15, -0.1) is 11.3 Å². The Labute approximate surface area is 170 Å². The van der Waals surface area contributed by atoms with Gasteiger partial charge in [-0.1, -0.05) is 25.3 Å². The van der Waals surface area contributed by atoms with Crippen molar-refractivity contribution in [2.75, 3.05) is 12.4 Å². The number of carbonyl (C=O) groups excluding carboxylic acids is 1. The molecule has 8 heteroatoms. The number of aryl methyl sites for hydroxylation is 2. The molecule has 0 spiro atoms. The van der Waals surface area contributed by atoms with E-state index in [0.29, 0.717) is 10.7 Å². The van der Waals surface area contributed by atoms with Gasteiger partial charge in [0.2, 0.25) is 10.0 Å². The molecular weight excluding hydrogens is 394 g/mol. The van der Waals surface area contributed by atoms with E-state index in [2.05, 4.69) is 10.3 Å². The van der Waals surface area contributed by atoms with Crippen molar-refractivity contribution in [1.82, 2.24) is 9.29 Å². The van der Waals surface area contributed by atoms with Crippen LogP contribution in [0.4, 0.5) is 5.13 Å². The lowest BCUT2D eigenvalue weighted by atomic mass is 9.96. The zero-order valence-corrected chi connectivity index (χ0v) is 17.6. The van der Waals surface area contributed by atoms with Crippen LogP contribution in [-0.2, 0) is 22.9 Å². The molecule has 1 amide bonds. The van der Waals surface area contributed by atoms with Crippen LogP contribution in [0.15, 0.2) is 29.2 Å². The number of benzene rings is 1. The average Bonchev–Trinajstić information content (AvgIpc) is 3.30. The second-order valence-corrected chi connectivity index (χ2v) is 10.6. The molecule has 1 N–H and O–H groups in total. The number of nitrogens with zero attached hydrogens (tertiary/aromatic N) is 2. The summed E-state index contributed by atoms with van der Waals surface area (Å²) in [5.41, 5.74) is 1.40. The van der Waals surface area contributed by atoms with Crippen molar-refractivity contribution < 1.29 is 13.2 Å². The fourth-order valence-corrected chi connectivity index (χ4v) is 6.53. The first-order chi connectivity index (χ1) is 13.4. The molecule has 0 saturated heterocycles. The lowest BCUT2D eigenvalue weighted by Crippen LogP contribution is -2.38. The molecule has 2 aliphatic rings. The Balaban J connectivity index is 1.52. The van der Waals surface area contributed by atoms with Crippen LogP contribution in [0, 0.1) is 0 Å². The monoisotopic (exact) mass is 419 g/mol. The van der Waals surface area contributed by atoms with Gasteiger partial charge in [-0.3, -0.25) is 10.1 Å². The fourth-order valence-electron chi connectivity index (χ4n) is 4.02. The molecular formula is C20H25N3O3S2. The number of sulfonamides is 1. The van der Waals surface area contributed by atoms with Gasteiger partial charge in [0, 0.05) is 23.5 Å². The Hall–Kier alpha value is -1.77. The van der Waals surface area contributed by atoms with Crippen LogP contribution in [0.2, 0.25) is 0 Å². The number of amides is 1. The van der Waals surface area contributed by atoms with Crippen LogP contribution in [0.1, 0.15) is 59.5 Å². The highest BCUT2D eigenvalue weighted by molar-refractivity contribution is 7.89. The van der Waals surface area contributed by atoms with Crippen molar-refractivity contribution in [1.29, 1.82) is 0 Å². The maximum Gasteiger partial charge on any atom is 0.257 e. The largest absolute Gasteiger partial charge is 0.298 e. The molecule has 1 heterocycles. The maximum absolute atomic E-state index is 13.0. The first kappa shape index (κ1) is 19.5. The summed E-state index contributed by atoms with van der Waals surface area (Å²) in [6.45, 7) is 0. The lowest BCUT2D eigenvalue weighted by Gasteiger charge is -2.30. The quantitative estimate of drug-likeness (QED) is 0.799. The summed E-state index contributed by atoms with van der Waals surface area (Å²) in [7, 11) is -1.98. The Kier molecular flexibility index (Phi) is 5.53. The molecule has 28 heavy (non-hydrogen) atoms. The van der Waals surface area contributed by atoms with Crippen LogP contribution in [0.25, 0.3) is 0 Å². The summed E-state index contributed by atoms with van der Waals surface area (Å²) in [5.74, 6) is -0.329. The van der Waals surface area contributed by atoms with Gasteiger partial charge in [-0.2, -0.15) is 4.31 Å². The van der Waals surface area contributed by atoms with Crippen LogP contribution in [0.3, 0.4) is 0 Å². The van der Waals surface area contributed by atoms with E-state index < -0.39 is 10.0 Å². The average molecular weight is 420 g/mol. The second-order valence-electron chi connectivity index (χ2n) is 7.54. The van der Waals surface area contributed by atoms with E-state index in [1.807, 2.05) is 0 Å². The Morgan fingerprint density at radius 3 is 2.71 bits per heavy atom. The van der Waals surface area contributed by atoms with E-state index in [0.717, 1.165) is 50.6 Å². The Bertz CT molecular complexity index is 957. The van der Waals surface area contributed by atoms with Crippen LogP contribution in [-0.4, -0.2) is 36.7 Å². The number of carbonyl (C=O) groups is 1. The fraction of sp³-hybridized carbons (Fsp3) is 0.500. The number of aromatic nitrogens is 1. The molecule has 1 aromatic carbocycles. The first-order valence-electron chi connectivity index (χ1n) is 9.83. The molecule has 1 aromatic heterocycles. The van der Waals surface area contributed by atoms with E-state index in [9.17, 15) is 13.2 Å². The standard InChI is InChI=1S/C20H25N3O3S2/c1-23(15-8-3-2-4-9-15)28(25,26)16-10-5-7-14(13-16)19(24)22-20-21-17-11-6-12-18(17)27-20/h5,7,10,13,15H,2-4,6,8-9,11-12H2,1H3,(H,21,22,24). The van der Waals surface area contributed by atoms with Crippen LogP contribution in [0.5, 0.6) is 0 Å². The SMILES string of the molecule is CN(C1CCCCC1)S(=O)(=O)c1cccc(C(=O)Nc2nc3c(s2)CCC3)c1. The van der Waals surface area contributed by atoms with Crippen molar-refractivity contribution >= 4 is 32.4 Å². The molecule has 0 radical (unpaired) electrons. The highest BCUT2D eigenvalue weighted by Crippen LogP contribution is 2.31. The molecule has 150 valence electrons. The van der Waals surface area contributed by atoms with E-state index in [4.69, 9.17) is 0 Å². The molecule has 6 nitrogen and oxygen atoms in total. The summed E-state index contributed by atoms with van der Waals surface area (Å²) in [6, 6.07) is 6.32. The molecule has 0 unspecified atom stereocenters. The van der Waals surface area contributed by atoms with Crippen molar-refractivity contribution in [3.8, 4) is 0 Å². The molecule has 2 aliphatic carbocycles. The molecule has 1 fully saturated rings. The predicted molar refractivity (Wildman–Crippen MR) is 110 cm³/mol. The van der Waals surface area contributed by atoms with Gasteiger partial charge < -0.3 is 0 Å². The van der Waals surface area contributed by atoms with Crippen molar-refractivity contribution in [3.05, 3.63) is 40.4 Å². The number of hydrogen-bond acceptors (Lipinski definition) is 5. The van der Waals surface area contributed by atoms with Crippen molar-refractivity contribution in [3.63, 3.8) is 0 Å². The van der Waals surface area contributed by atoms with E-state index in [-0.39, 0.29) is 16.8 Å². The molecule has 2 aromatic rings. The minimum Gasteiger partial charge on any atom is -0.298 e. The predicted octanol–water partition coefficient (Wildman–Crippen LogP) is 3.84. The molecule has 4 rings (SSSR count). The number of nitrogens with one attached hydrogen (secondary N) is 1. The number of hydrogen-bond donors (Lipinski definition) is 1. The molecule has 0 bridgehead atoms. The van der Waals surface area contributed by atoms with Gasteiger partial charge in [-0.05, 0) is 50.3 Å². The second kappa shape index (κ2) is 7.93. The topological polar surface area (TPSA) is 79.4 Å². The third-order valence-electron chi connectivity index (χ3n) is 5.68. The van der Waals surface area contributed by atoms with Gasteiger partial charge >= 0.3 is 0 Å². The van der Waals surface area contributed by atoms with Gasteiger partial charge in [0.1, 0.15) is 0 Å². The van der Waals surface area contributed by atoms with Gasteiger partial charge in [0.25, 0.3) is 5.91 Å². The van der Waals surface area contributed by atoms with Gasteiger partial charge in [-0.25, -0.2) is 13.4 Å². The summed E-state index contributed by atoms with van der Waals surface area (Å²) >= 11 is 1.51. The number of rotatable bonds is 5. The van der Waals surface area contributed by atoms with Gasteiger partial charge in [0.15, 0.2) is 5.13 Å². The summed E-state index contributed by atoms with van der Waals surface area (Å²) in [5, 5.41) is 3.40. The highest BCUT2D eigenvalue weighted by atomic mass is 32.2. The number of anilines is 1. The van der Waals surface area contributed by atoms with E-state index in [1.165, 1.54) is 33.0 Å². The lowest BCUT2D eigenvalue weighted by molar-refractivity contribution is 0.102. The highest BCUT2D eigenvalue weighted by Gasteiger charge is 2.29. The third-order valence-corrected chi connectivity index (χ3v) is 8.66. The Morgan fingerprint density at radius 1 is 1.18 bits per heavy atom. The number of fused-ring (bicyclic) bond motifs is 1. The molecule has 0 atom stereocenters. The van der Waals surface area contributed by atoms with Gasteiger partial charge in [0.05, 0.1) is 10.6 Å². The normalized spacial score (nSPS) is 17.6. The maximum atomic E-state index is 13.0. The van der Waals surface area contributed by atoms with Crippen molar-refractivity contribution in [2.24, 2.45) is 0 Å². The summed E-state index contributed by atoms with van der Waals surface area (Å²) in [6.07, 6.45) is 8.18. The van der Waals surface area contributed by atoms with Crippen LogP contribution < -0.4 is 5.32 Å². The first-order valence-corrected chi connectivity index (χ1v) is 12.1. The zero-order valence-electron chi connectivity index (χ0n) is 16.0. The van der Waals surface area contributed by atoms with Crippen LogP contribution >= 0.6 is 11.3 Å². The van der Waals surface area contributed by atoms with E-state index in [1.54, 1.807) is 25.2 Å². The number of thiazole rings is 1. The summed E-state index contributed by atoms with van der Waals surface area (Å²) in [4.78, 5) is 18.5. The minimum absolute atomic E-state index is 0.0361. The molecule has 0 aliphatic heterocycles. The smallest absolute Gasteiger partial charge is 0.257 e. The molecule has 1 saturated carbocycles. The Morgan fingerprint density at radius 2 is 1.96 bits per heavy atom. The minimum atomic E-state index is -3.62. The van der Waals surface area contributed by atoms with Crippen molar-refractivity contribution in [2.45, 2.75) is 62.3 Å². The summed E-state index contributed by atoms with van der Waals surface area (Å²) < 4.78 is 27.6.